The van der Waals surface area contributed by atoms with Crippen molar-refractivity contribution in [3.05, 3.63) is 0 Å². The Labute approximate surface area is 125 Å². The Kier molecular flexibility index (Phi) is 7.37. The van der Waals surface area contributed by atoms with Crippen molar-refractivity contribution in [3.63, 3.8) is 0 Å². The van der Waals surface area contributed by atoms with Gasteiger partial charge < -0.3 is 16.2 Å². The van der Waals surface area contributed by atoms with Gasteiger partial charge in [0.15, 0.2) is 0 Å². The molecule has 1 fully saturated rings. The predicted octanol–water partition coefficient (Wildman–Crippen LogP) is 1.61. The van der Waals surface area contributed by atoms with Gasteiger partial charge in [0, 0.05) is 6.54 Å². The number of nitrogens with one attached hydrogen (secondary N) is 1. The molecule has 0 heterocycles. The molecule has 0 aromatic rings. The smallest absolute Gasteiger partial charge is 0.326 e. The van der Waals surface area contributed by atoms with Crippen molar-refractivity contribution in [2.24, 2.45) is 11.1 Å². The van der Waals surface area contributed by atoms with E-state index < -0.39 is 17.4 Å². The van der Waals surface area contributed by atoms with Crippen molar-refractivity contribution in [1.29, 1.82) is 0 Å². The number of carbonyl (C=O) groups excluding carboxylic acids is 1. The van der Waals surface area contributed by atoms with Crippen LogP contribution in [0.3, 0.4) is 0 Å². The average Bonchev–Trinajstić information content (AvgIpc) is 2.69. The lowest BCUT2D eigenvalue weighted by atomic mass is 9.79. The van der Waals surface area contributed by atoms with Crippen LogP contribution in [0.25, 0.3) is 0 Å². The Morgan fingerprint density at radius 2 is 1.90 bits per heavy atom. The monoisotopic (exact) mass is 302 g/mol. The van der Waals surface area contributed by atoms with E-state index in [9.17, 15) is 14.7 Å². The Morgan fingerprint density at radius 3 is 2.35 bits per heavy atom. The molecule has 4 N–H and O–H groups in total. The first-order valence-corrected chi connectivity index (χ1v) is 8.68. The van der Waals surface area contributed by atoms with E-state index in [1.807, 2.05) is 6.26 Å². The molecule has 1 aliphatic rings. The van der Waals surface area contributed by atoms with E-state index in [4.69, 9.17) is 5.73 Å². The summed E-state index contributed by atoms with van der Waals surface area (Å²) in [6.07, 6.45) is 8.15. The molecule has 0 spiro atoms. The van der Waals surface area contributed by atoms with Crippen molar-refractivity contribution < 1.29 is 14.7 Å². The van der Waals surface area contributed by atoms with Crippen molar-refractivity contribution in [2.75, 3.05) is 18.6 Å². The molecule has 1 aliphatic carbocycles. The molecular formula is C14H26N2O3S. The summed E-state index contributed by atoms with van der Waals surface area (Å²) in [7, 11) is 0. The molecule has 1 rings (SSSR count). The van der Waals surface area contributed by atoms with Crippen LogP contribution in [-0.2, 0) is 9.59 Å². The van der Waals surface area contributed by atoms with Crippen LogP contribution in [-0.4, -0.2) is 41.6 Å². The van der Waals surface area contributed by atoms with Crippen LogP contribution in [0.5, 0.6) is 0 Å². The third-order valence-electron chi connectivity index (χ3n) is 4.15. The first kappa shape index (κ1) is 17.3. The van der Waals surface area contributed by atoms with Crippen molar-refractivity contribution in [1.82, 2.24) is 5.32 Å². The zero-order chi connectivity index (χ0) is 15.0. The molecular weight excluding hydrogens is 276 g/mol. The number of amides is 1. The second-order valence-electron chi connectivity index (χ2n) is 5.54. The summed E-state index contributed by atoms with van der Waals surface area (Å²) in [5, 5.41) is 11.9. The van der Waals surface area contributed by atoms with Gasteiger partial charge in [-0.15, -0.1) is 0 Å². The molecule has 0 saturated heterocycles. The number of carbonyl (C=O) groups is 2. The summed E-state index contributed by atoms with van der Waals surface area (Å²) in [5.41, 5.74) is 5.28. The SMILES string of the molecule is CSCC[C@H](NC(=O)C1(CN)CCCCCC1)C(=O)O. The van der Waals surface area contributed by atoms with Crippen LogP contribution in [0.2, 0.25) is 0 Å². The minimum Gasteiger partial charge on any atom is -0.480 e. The van der Waals surface area contributed by atoms with Gasteiger partial charge in [0.2, 0.25) is 5.91 Å². The molecule has 20 heavy (non-hydrogen) atoms. The van der Waals surface area contributed by atoms with E-state index in [1.54, 1.807) is 11.8 Å². The lowest BCUT2D eigenvalue weighted by molar-refractivity contribution is -0.144. The van der Waals surface area contributed by atoms with Gasteiger partial charge in [0.25, 0.3) is 0 Å². The van der Waals surface area contributed by atoms with Crippen molar-refractivity contribution >= 4 is 23.6 Å². The highest BCUT2D eigenvalue weighted by molar-refractivity contribution is 7.98. The van der Waals surface area contributed by atoms with Crippen LogP contribution >= 0.6 is 11.8 Å². The second kappa shape index (κ2) is 8.52. The number of thioether (sulfide) groups is 1. The highest BCUT2D eigenvalue weighted by atomic mass is 32.2. The number of hydrogen-bond acceptors (Lipinski definition) is 4. The number of rotatable bonds is 7. The lowest BCUT2D eigenvalue weighted by Crippen LogP contribution is -2.51. The summed E-state index contributed by atoms with van der Waals surface area (Å²) in [6.45, 7) is 0.299. The van der Waals surface area contributed by atoms with Crippen LogP contribution in [0, 0.1) is 5.41 Å². The molecule has 0 aliphatic heterocycles. The largest absolute Gasteiger partial charge is 0.480 e. The standard InChI is InChI=1S/C14H26N2O3S/c1-20-9-6-11(12(17)18)16-13(19)14(10-15)7-4-2-3-5-8-14/h11H,2-10,15H2,1H3,(H,16,19)(H,17,18)/t11-/m0/s1. The molecule has 1 saturated carbocycles. The van der Waals surface area contributed by atoms with E-state index in [0.717, 1.165) is 38.5 Å². The van der Waals surface area contributed by atoms with E-state index in [0.29, 0.717) is 18.7 Å². The molecule has 0 bridgehead atoms. The van der Waals surface area contributed by atoms with Gasteiger partial charge in [0.05, 0.1) is 5.41 Å². The summed E-state index contributed by atoms with van der Waals surface area (Å²) in [4.78, 5) is 23.7. The molecule has 1 atom stereocenters. The first-order chi connectivity index (χ1) is 9.55. The Morgan fingerprint density at radius 1 is 1.30 bits per heavy atom. The Hall–Kier alpha value is -0.750. The number of nitrogens with two attached hydrogens (primary N) is 1. The van der Waals surface area contributed by atoms with E-state index in [1.165, 1.54) is 0 Å². The average molecular weight is 302 g/mol. The van der Waals surface area contributed by atoms with Gasteiger partial charge in [-0.25, -0.2) is 4.79 Å². The summed E-state index contributed by atoms with van der Waals surface area (Å²) >= 11 is 1.58. The highest BCUT2D eigenvalue weighted by Crippen LogP contribution is 2.34. The number of hydrogen-bond donors (Lipinski definition) is 3. The molecule has 0 radical (unpaired) electrons. The summed E-state index contributed by atoms with van der Waals surface area (Å²) < 4.78 is 0. The number of aliphatic carboxylic acids is 1. The normalized spacial score (nSPS) is 19.9. The molecule has 0 unspecified atom stereocenters. The fourth-order valence-corrected chi connectivity index (χ4v) is 3.21. The van der Waals surface area contributed by atoms with E-state index in [2.05, 4.69) is 5.32 Å². The van der Waals surface area contributed by atoms with Crippen LogP contribution < -0.4 is 11.1 Å². The minimum atomic E-state index is -0.965. The molecule has 1 amide bonds. The minimum absolute atomic E-state index is 0.171. The maximum atomic E-state index is 12.5. The van der Waals surface area contributed by atoms with Crippen molar-refractivity contribution in [3.8, 4) is 0 Å². The third kappa shape index (κ3) is 4.66. The molecule has 0 aromatic heterocycles. The quantitative estimate of drug-likeness (QED) is 0.621. The second-order valence-corrected chi connectivity index (χ2v) is 6.53. The number of carboxylic acid groups (broad SMARTS) is 1. The molecule has 116 valence electrons. The predicted molar refractivity (Wildman–Crippen MR) is 81.8 cm³/mol. The Balaban J connectivity index is 2.71. The highest BCUT2D eigenvalue weighted by Gasteiger charge is 2.38. The van der Waals surface area contributed by atoms with Gasteiger partial charge in [-0.05, 0) is 31.3 Å². The van der Waals surface area contributed by atoms with E-state index in [-0.39, 0.29) is 5.91 Å². The van der Waals surface area contributed by atoms with Crippen LogP contribution in [0.15, 0.2) is 0 Å². The van der Waals surface area contributed by atoms with Gasteiger partial charge in [-0.1, -0.05) is 25.7 Å². The first-order valence-electron chi connectivity index (χ1n) is 7.28. The van der Waals surface area contributed by atoms with Crippen LogP contribution in [0.4, 0.5) is 0 Å². The zero-order valence-electron chi connectivity index (χ0n) is 12.2. The van der Waals surface area contributed by atoms with Crippen LogP contribution in [0.1, 0.15) is 44.9 Å². The topological polar surface area (TPSA) is 92.4 Å². The third-order valence-corrected chi connectivity index (χ3v) is 4.79. The summed E-state index contributed by atoms with van der Waals surface area (Å²) in [6, 6.07) is -0.804. The maximum absolute atomic E-state index is 12.5. The number of carboxylic acids is 1. The van der Waals surface area contributed by atoms with E-state index >= 15 is 0 Å². The van der Waals surface area contributed by atoms with Gasteiger partial charge >= 0.3 is 5.97 Å². The van der Waals surface area contributed by atoms with Gasteiger partial charge in [-0.2, -0.15) is 11.8 Å². The maximum Gasteiger partial charge on any atom is 0.326 e. The lowest BCUT2D eigenvalue weighted by Gasteiger charge is -2.31. The molecule has 6 heteroatoms. The zero-order valence-corrected chi connectivity index (χ0v) is 13.0. The molecule has 0 aromatic carbocycles. The Bertz CT molecular complexity index is 328. The van der Waals surface area contributed by atoms with Crippen molar-refractivity contribution in [2.45, 2.75) is 51.0 Å². The fourth-order valence-electron chi connectivity index (χ4n) is 2.73. The molecule has 5 nitrogen and oxygen atoms in total. The van der Waals surface area contributed by atoms with Gasteiger partial charge in [0.1, 0.15) is 6.04 Å². The van der Waals surface area contributed by atoms with Gasteiger partial charge in [-0.3, -0.25) is 4.79 Å². The fraction of sp³-hybridized carbons (Fsp3) is 0.857. The summed E-state index contributed by atoms with van der Waals surface area (Å²) in [5.74, 6) is -0.420.